The Kier molecular flexibility index (Phi) is 8.19. The maximum Gasteiger partial charge on any atom is 0.307 e. The Labute approximate surface area is 238 Å². The number of aryl methyl sites for hydroxylation is 2. The van der Waals surface area contributed by atoms with Gasteiger partial charge in [0.25, 0.3) is 0 Å². The molecular formula is C30H36FN5O3S. The fourth-order valence-corrected chi connectivity index (χ4v) is 6.35. The van der Waals surface area contributed by atoms with Crippen LogP contribution in [0.15, 0.2) is 6.07 Å². The SMILES string of the molecule is C/C(=C\c1c(C)nc(C)c(CC(=O)O)c1-c1cc(F)c2c(c1C)CCCO2)c1nc(N2CCCN(C)CC2)ns1. The minimum Gasteiger partial charge on any atom is -0.490 e. The molecule has 0 aliphatic carbocycles. The maximum absolute atomic E-state index is 15.4. The fraction of sp³-hybridized carbons (Fsp3) is 0.467. The van der Waals surface area contributed by atoms with Crippen LogP contribution < -0.4 is 9.64 Å². The molecule has 10 heteroatoms. The number of hydrogen-bond acceptors (Lipinski definition) is 8. The van der Waals surface area contributed by atoms with Crippen LogP contribution in [0.5, 0.6) is 5.75 Å². The van der Waals surface area contributed by atoms with Gasteiger partial charge < -0.3 is 19.6 Å². The van der Waals surface area contributed by atoms with Crippen LogP contribution in [0.25, 0.3) is 22.8 Å². The molecule has 2 aromatic heterocycles. The Bertz CT molecular complexity index is 1480. The molecule has 8 nitrogen and oxygen atoms in total. The van der Waals surface area contributed by atoms with Crippen molar-refractivity contribution in [1.29, 1.82) is 0 Å². The van der Waals surface area contributed by atoms with Gasteiger partial charge in [-0.05, 0) is 112 Å². The fourth-order valence-electron chi connectivity index (χ4n) is 5.70. The molecule has 1 saturated heterocycles. The Morgan fingerprint density at radius 1 is 1.15 bits per heavy atom. The van der Waals surface area contributed by atoms with Crippen molar-refractivity contribution in [2.45, 2.75) is 53.4 Å². The van der Waals surface area contributed by atoms with E-state index in [0.29, 0.717) is 41.2 Å². The van der Waals surface area contributed by atoms with Crippen LogP contribution in [-0.4, -0.2) is 70.2 Å². The van der Waals surface area contributed by atoms with Crippen molar-refractivity contribution < 1.29 is 19.0 Å². The lowest BCUT2D eigenvalue weighted by atomic mass is 9.85. The number of carboxylic acid groups (broad SMARTS) is 1. The third-order valence-corrected chi connectivity index (χ3v) is 8.72. The summed E-state index contributed by atoms with van der Waals surface area (Å²) in [7, 11) is 2.13. The highest BCUT2D eigenvalue weighted by atomic mass is 32.1. The molecule has 1 aromatic carbocycles. The predicted octanol–water partition coefficient (Wildman–Crippen LogP) is 5.32. The number of anilines is 1. The maximum atomic E-state index is 15.4. The lowest BCUT2D eigenvalue weighted by molar-refractivity contribution is -0.136. The van der Waals surface area contributed by atoms with Gasteiger partial charge in [0.15, 0.2) is 11.6 Å². The van der Waals surface area contributed by atoms with Crippen LogP contribution in [0.2, 0.25) is 0 Å². The molecule has 3 aromatic rings. The van der Waals surface area contributed by atoms with Gasteiger partial charge >= 0.3 is 5.97 Å². The standard InChI is InChI=1S/C30H36FN5O3S/c1-17(29-33-30(34-40-29)36-10-7-9-35(5)11-12-36)14-23-19(3)32-20(4)24(16-26(37)38)27(23)22-15-25(31)28-21(18(22)2)8-6-13-39-28/h14-15H,6-13,16H2,1-5H3,(H,37,38)/b17-14+. The van der Waals surface area contributed by atoms with Crippen LogP contribution in [0.1, 0.15) is 58.4 Å². The highest BCUT2D eigenvalue weighted by Gasteiger charge is 2.26. The first-order chi connectivity index (χ1) is 19.1. The molecule has 0 radical (unpaired) electrons. The van der Waals surface area contributed by atoms with Crippen molar-refractivity contribution in [3.63, 3.8) is 0 Å². The number of allylic oxidation sites excluding steroid dienone is 1. The Balaban J connectivity index is 1.63. The van der Waals surface area contributed by atoms with Crippen molar-refractivity contribution in [2.24, 2.45) is 0 Å². The highest BCUT2D eigenvalue weighted by Crippen LogP contribution is 2.42. The molecule has 0 unspecified atom stereocenters. The number of benzene rings is 1. The second-order valence-corrected chi connectivity index (χ2v) is 11.5. The monoisotopic (exact) mass is 565 g/mol. The molecule has 40 heavy (non-hydrogen) atoms. The molecule has 2 aliphatic heterocycles. The average Bonchev–Trinajstić information content (AvgIpc) is 3.31. The minimum atomic E-state index is -0.960. The van der Waals surface area contributed by atoms with Gasteiger partial charge in [-0.1, -0.05) is 0 Å². The Morgan fingerprint density at radius 2 is 1.95 bits per heavy atom. The summed E-state index contributed by atoms with van der Waals surface area (Å²) in [6.45, 7) is 12.0. The lowest BCUT2D eigenvalue weighted by Crippen LogP contribution is -2.29. The largest absolute Gasteiger partial charge is 0.490 e. The topological polar surface area (TPSA) is 91.7 Å². The van der Waals surface area contributed by atoms with Crippen LogP contribution in [0.3, 0.4) is 0 Å². The number of likely N-dealkylation sites (N-methyl/N-ethyl adjacent to an activating group) is 1. The molecule has 1 fully saturated rings. The van der Waals surface area contributed by atoms with Crippen LogP contribution in [-0.2, 0) is 17.6 Å². The molecule has 0 spiro atoms. The molecule has 0 saturated carbocycles. The number of hydrogen-bond donors (Lipinski definition) is 1. The molecule has 0 atom stereocenters. The van der Waals surface area contributed by atoms with Gasteiger partial charge in [0.05, 0.1) is 13.0 Å². The highest BCUT2D eigenvalue weighted by molar-refractivity contribution is 7.06. The number of pyridine rings is 1. The average molecular weight is 566 g/mol. The lowest BCUT2D eigenvalue weighted by Gasteiger charge is -2.24. The summed E-state index contributed by atoms with van der Waals surface area (Å²) in [6.07, 6.45) is 4.37. The number of ether oxygens (including phenoxy) is 1. The van der Waals surface area contributed by atoms with Crippen molar-refractivity contribution in [3.8, 4) is 16.9 Å². The predicted molar refractivity (Wildman–Crippen MR) is 157 cm³/mol. The van der Waals surface area contributed by atoms with Gasteiger partial charge in [0.1, 0.15) is 5.01 Å². The second-order valence-electron chi connectivity index (χ2n) is 10.8. The van der Waals surface area contributed by atoms with Crippen molar-refractivity contribution in [3.05, 3.63) is 50.5 Å². The first-order valence-electron chi connectivity index (χ1n) is 13.8. The van der Waals surface area contributed by atoms with E-state index < -0.39 is 11.8 Å². The van der Waals surface area contributed by atoms with E-state index in [2.05, 4.69) is 21.2 Å². The third-order valence-electron chi connectivity index (χ3n) is 7.88. The van der Waals surface area contributed by atoms with E-state index in [9.17, 15) is 9.90 Å². The molecule has 1 N–H and O–H groups in total. The van der Waals surface area contributed by atoms with Crippen LogP contribution >= 0.6 is 11.5 Å². The van der Waals surface area contributed by atoms with Gasteiger partial charge in [-0.2, -0.15) is 9.36 Å². The summed E-state index contributed by atoms with van der Waals surface area (Å²) in [5.74, 6) is -0.338. The molecule has 4 heterocycles. The Morgan fingerprint density at radius 3 is 2.73 bits per heavy atom. The summed E-state index contributed by atoms with van der Waals surface area (Å²) < 4.78 is 25.7. The van der Waals surface area contributed by atoms with Crippen molar-refractivity contribution in [1.82, 2.24) is 19.2 Å². The number of aromatic nitrogens is 3. The number of nitrogens with zero attached hydrogens (tertiary/aromatic N) is 5. The number of rotatable bonds is 6. The van der Waals surface area contributed by atoms with E-state index in [1.54, 1.807) is 0 Å². The number of carbonyl (C=O) groups is 1. The minimum absolute atomic E-state index is 0.213. The number of aliphatic carboxylic acids is 1. The van der Waals surface area contributed by atoms with Crippen LogP contribution in [0, 0.1) is 26.6 Å². The van der Waals surface area contributed by atoms with Gasteiger partial charge in [-0.25, -0.2) is 4.39 Å². The van der Waals surface area contributed by atoms with Gasteiger partial charge in [-0.3, -0.25) is 9.78 Å². The summed E-state index contributed by atoms with van der Waals surface area (Å²) in [6, 6.07) is 1.49. The Hall–Kier alpha value is -3.37. The summed E-state index contributed by atoms with van der Waals surface area (Å²) in [5, 5.41) is 10.6. The molecule has 5 rings (SSSR count). The third kappa shape index (κ3) is 5.60. The molecule has 212 valence electrons. The smallest absolute Gasteiger partial charge is 0.307 e. The second kappa shape index (κ2) is 11.6. The first kappa shape index (κ1) is 28.2. The summed E-state index contributed by atoms with van der Waals surface area (Å²) in [5.41, 5.74) is 6.76. The zero-order chi connectivity index (χ0) is 28.6. The molecule has 0 amide bonds. The van der Waals surface area contributed by atoms with E-state index >= 15 is 4.39 Å². The van der Waals surface area contributed by atoms with E-state index in [4.69, 9.17) is 14.7 Å². The van der Waals surface area contributed by atoms with Crippen molar-refractivity contribution in [2.75, 3.05) is 44.7 Å². The summed E-state index contributed by atoms with van der Waals surface area (Å²) in [4.78, 5) is 26.1. The zero-order valence-electron chi connectivity index (χ0n) is 23.8. The van der Waals surface area contributed by atoms with Crippen LogP contribution in [0.4, 0.5) is 10.3 Å². The summed E-state index contributed by atoms with van der Waals surface area (Å²) >= 11 is 1.35. The quantitative estimate of drug-likeness (QED) is 0.430. The van der Waals surface area contributed by atoms with Gasteiger partial charge in [0.2, 0.25) is 5.95 Å². The van der Waals surface area contributed by atoms with Gasteiger partial charge in [0, 0.05) is 42.1 Å². The number of halogens is 1. The van der Waals surface area contributed by atoms with E-state index in [1.165, 1.54) is 17.6 Å². The zero-order valence-corrected chi connectivity index (χ0v) is 24.6. The molecule has 2 aliphatic rings. The van der Waals surface area contributed by atoms with E-state index in [-0.39, 0.29) is 6.42 Å². The van der Waals surface area contributed by atoms with E-state index in [1.807, 2.05) is 33.8 Å². The van der Waals surface area contributed by atoms with Gasteiger partial charge in [-0.15, -0.1) is 0 Å². The van der Waals surface area contributed by atoms with E-state index in [0.717, 1.165) is 77.9 Å². The van der Waals surface area contributed by atoms with Crippen molar-refractivity contribution >= 4 is 35.1 Å². The number of fused-ring (bicyclic) bond motifs is 1. The molecule has 0 bridgehead atoms. The number of carboxylic acids is 1. The normalized spacial score (nSPS) is 16.4. The molecular weight excluding hydrogens is 529 g/mol. The first-order valence-corrected chi connectivity index (χ1v) is 14.5.